The van der Waals surface area contributed by atoms with Crippen molar-refractivity contribution in [1.29, 1.82) is 5.26 Å². The van der Waals surface area contributed by atoms with Crippen LogP contribution in [0.1, 0.15) is 43.9 Å². The molecule has 102 valence electrons. The highest BCUT2D eigenvalue weighted by Gasteiger charge is 2.24. The van der Waals surface area contributed by atoms with Gasteiger partial charge in [-0.3, -0.25) is 4.90 Å². The minimum Gasteiger partial charge on any atom is -0.315 e. The second-order valence-electron chi connectivity index (χ2n) is 5.24. The van der Waals surface area contributed by atoms with E-state index in [1.54, 1.807) is 0 Å². The summed E-state index contributed by atoms with van der Waals surface area (Å²) in [6, 6.07) is 11.2. The number of nitrogens with one attached hydrogen (secondary N) is 1. The van der Waals surface area contributed by atoms with Crippen molar-refractivity contribution < 1.29 is 0 Å². The molecule has 2 atom stereocenters. The Labute approximate surface area is 116 Å². The molecule has 2 rings (SSSR count). The van der Waals surface area contributed by atoms with Crippen LogP contribution in [0.15, 0.2) is 24.3 Å². The fourth-order valence-electron chi connectivity index (χ4n) is 3.02. The number of nitriles is 1. The summed E-state index contributed by atoms with van der Waals surface area (Å²) >= 11 is 0. The molecule has 1 aromatic carbocycles. The summed E-state index contributed by atoms with van der Waals surface area (Å²) in [4.78, 5) is 2.54. The van der Waals surface area contributed by atoms with E-state index in [4.69, 9.17) is 5.26 Å². The van der Waals surface area contributed by atoms with Crippen LogP contribution in [0.4, 0.5) is 0 Å². The molecule has 1 heterocycles. The normalized spacial score (nSPS) is 21.1. The van der Waals surface area contributed by atoms with E-state index in [9.17, 15) is 0 Å². The molecular weight excluding hydrogens is 234 g/mol. The van der Waals surface area contributed by atoms with Crippen molar-refractivity contribution in [3.05, 3.63) is 35.4 Å². The Bertz CT molecular complexity index is 444. The van der Waals surface area contributed by atoms with Gasteiger partial charge >= 0.3 is 0 Å². The lowest BCUT2D eigenvalue weighted by molar-refractivity contribution is 0.128. The number of likely N-dealkylation sites (N-methyl/N-ethyl adjacent to an activating group) is 1. The smallest absolute Gasteiger partial charge is 0.0991 e. The average Bonchev–Trinajstić information content (AvgIpc) is 2.49. The molecule has 1 N–H and O–H groups in total. The van der Waals surface area contributed by atoms with Crippen LogP contribution in [0, 0.1) is 11.3 Å². The molecule has 1 aliphatic rings. The van der Waals surface area contributed by atoms with E-state index in [-0.39, 0.29) is 0 Å². The van der Waals surface area contributed by atoms with Crippen LogP contribution < -0.4 is 5.32 Å². The van der Waals surface area contributed by atoms with Crippen LogP contribution in [0.3, 0.4) is 0 Å². The molecule has 0 spiro atoms. The maximum absolute atomic E-state index is 9.01. The highest BCUT2D eigenvalue weighted by atomic mass is 15.2. The molecule has 0 aromatic heterocycles. The number of hydrogen-bond donors (Lipinski definition) is 1. The molecule has 2 unspecified atom stereocenters. The van der Waals surface area contributed by atoms with Crippen LogP contribution in [0.25, 0.3) is 0 Å². The van der Waals surface area contributed by atoms with Crippen LogP contribution in [0.5, 0.6) is 0 Å². The molecule has 0 bridgehead atoms. The van der Waals surface area contributed by atoms with Gasteiger partial charge in [0.2, 0.25) is 0 Å². The van der Waals surface area contributed by atoms with Crippen LogP contribution in [-0.4, -0.2) is 30.6 Å². The Kier molecular flexibility index (Phi) is 4.95. The van der Waals surface area contributed by atoms with Gasteiger partial charge in [-0.2, -0.15) is 5.26 Å². The van der Waals surface area contributed by atoms with Crippen molar-refractivity contribution in [3.63, 3.8) is 0 Å². The van der Waals surface area contributed by atoms with Gasteiger partial charge in [-0.1, -0.05) is 19.1 Å². The molecule has 3 nitrogen and oxygen atoms in total. The third-order valence-electron chi connectivity index (χ3n) is 4.10. The predicted molar refractivity (Wildman–Crippen MR) is 77.8 cm³/mol. The maximum atomic E-state index is 9.01. The summed E-state index contributed by atoms with van der Waals surface area (Å²) in [5, 5.41) is 12.5. The van der Waals surface area contributed by atoms with Gasteiger partial charge in [0.15, 0.2) is 0 Å². The van der Waals surface area contributed by atoms with E-state index in [2.05, 4.69) is 36.2 Å². The number of benzene rings is 1. The standard InChI is InChI=1S/C16H23N3/c1-3-19(16-8-5-9-18-12-16)13(2)15-7-4-6-14(10-15)11-17/h4,6-7,10,13,16,18H,3,5,8-9,12H2,1-2H3. The van der Waals surface area contributed by atoms with Gasteiger partial charge in [-0.15, -0.1) is 0 Å². The lowest BCUT2D eigenvalue weighted by Crippen LogP contribution is -2.46. The van der Waals surface area contributed by atoms with Gasteiger partial charge in [0.25, 0.3) is 0 Å². The Morgan fingerprint density at radius 1 is 1.53 bits per heavy atom. The summed E-state index contributed by atoms with van der Waals surface area (Å²) in [5.74, 6) is 0. The lowest BCUT2D eigenvalue weighted by Gasteiger charge is -2.38. The molecule has 0 radical (unpaired) electrons. The highest BCUT2D eigenvalue weighted by molar-refractivity contribution is 5.34. The van der Waals surface area contributed by atoms with E-state index in [1.165, 1.54) is 18.4 Å². The molecule has 1 aromatic rings. The quantitative estimate of drug-likeness (QED) is 0.901. The lowest BCUT2D eigenvalue weighted by atomic mass is 9.99. The van der Waals surface area contributed by atoms with Crippen molar-refractivity contribution in [2.24, 2.45) is 0 Å². The first-order valence-corrected chi connectivity index (χ1v) is 7.22. The molecule has 0 amide bonds. The fraction of sp³-hybridized carbons (Fsp3) is 0.562. The van der Waals surface area contributed by atoms with E-state index in [0.717, 1.165) is 25.2 Å². The fourth-order valence-corrected chi connectivity index (χ4v) is 3.02. The number of nitrogens with zero attached hydrogens (tertiary/aromatic N) is 2. The molecule has 1 fully saturated rings. The third-order valence-corrected chi connectivity index (χ3v) is 4.10. The van der Waals surface area contributed by atoms with Gasteiger partial charge in [-0.05, 0) is 50.6 Å². The van der Waals surface area contributed by atoms with Gasteiger partial charge in [0, 0.05) is 18.6 Å². The minimum absolute atomic E-state index is 0.364. The van der Waals surface area contributed by atoms with Crippen molar-refractivity contribution >= 4 is 0 Å². The first-order chi connectivity index (χ1) is 9.26. The second kappa shape index (κ2) is 6.70. The number of rotatable bonds is 4. The molecule has 0 aliphatic carbocycles. The van der Waals surface area contributed by atoms with Crippen molar-refractivity contribution in [3.8, 4) is 6.07 Å². The molecule has 1 saturated heterocycles. The monoisotopic (exact) mass is 257 g/mol. The second-order valence-corrected chi connectivity index (χ2v) is 5.24. The Morgan fingerprint density at radius 2 is 2.37 bits per heavy atom. The van der Waals surface area contributed by atoms with E-state index >= 15 is 0 Å². The zero-order valence-electron chi connectivity index (χ0n) is 11.9. The van der Waals surface area contributed by atoms with Crippen LogP contribution >= 0.6 is 0 Å². The number of piperidine rings is 1. The maximum Gasteiger partial charge on any atom is 0.0991 e. The van der Waals surface area contributed by atoms with Crippen LogP contribution in [-0.2, 0) is 0 Å². The molecular formula is C16H23N3. The first-order valence-electron chi connectivity index (χ1n) is 7.22. The Morgan fingerprint density at radius 3 is 3.00 bits per heavy atom. The zero-order chi connectivity index (χ0) is 13.7. The molecule has 1 aliphatic heterocycles. The summed E-state index contributed by atoms with van der Waals surface area (Å²) in [7, 11) is 0. The first kappa shape index (κ1) is 14.0. The Balaban J connectivity index is 2.14. The van der Waals surface area contributed by atoms with E-state index in [1.807, 2.05) is 18.2 Å². The van der Waals surface area contributed by atoms with Gasteiger partial charge in [0.05, 0.1) is 11.6 Å². The predicted octanol–water partition coefficient (Wildman–Crippen LogP) is 2.69. The van der Waals surface area contributed by atoms with Crippen LogP contribution in [0.2, 0.25) is 0 Å². The largest absolute Gasteiger partial charge is 0.315 e. The summed E-state index contributed by atoms with van der Waals surface area (Å²) in [5.41, 5.74) is 1.99. The summed E-state index contributed by atoms with van der Waals surface area (Å²) < 4.78 is 0. The summed E-state index contributed by atoms with van der Waals surface area (Å²) in [6.45, 7) is 7.74. The van der Waals surface area contributed by atoms with Crippen molar-refractivity contribution in [2.45, 2.75) is 38.8 Å². The minimum atomic E-state index is 0.364. The van der Waals surface area contributed by atoms with Gasteiger partial charge in [0.1, 0.15) is 0 Å². The van der Waals surface area contributed by atoms with Gasteiger partial charge < -0.3 is 5.32 Å². The van der Waals surface area contributed by atoms with Crippen molar-refractivity contribution in [1.82, 2.24) is 10.2 Å². The third kappa shape index (κ3) is 3.34. The van der Waals surface area contributed by atoms with E-state index < -0.39 is 0 Å². The zero-order valence-corrected chi connectivity index (χ0v) is 11.9. The number of hydrogen-bond acceptors (Lipinski definition) is 3. The van der Waals surface area contributed by atoms with Crippen molar-refractivity contribution in [2.75, 3.05) is 19.6 Å². The SMILES string of the molecule is CCN(C1CCCNC1)C(C)c1cccc(C#N)c1. The molecule has 0 saturated carbocycles. The topological polar surface area (TPSA) is 39.1 Å². The van der Waals surface area contributed by atoms with E-state index in [0.29, 0.717) is 12.1 Å². The molecule has 19 heavy (non-hydrogen) atoms. The highest BCUT2D eigenvalue weighted by Crippen LogP contribution is 2.25. The summed E-state index contributed by atoms with van der Waals surface area (Å²) in [6.07, 6.45) is 2.52. The molecule has 3 heteroatoms. The van der Waals surface area contributed by atoms with Gasteiger partial charge in [-0.25, -0.2) is 0 Å². The average molecular weight is 257 g/mol. The Hall–Kier alpha value is -1.37.